The fraction of sp³-hybridized carbons (Fsp3) is 0.636. The fourth-order valence-corrected chi connectivity index (χ4v) is 1.00. The summed E-state index contributed by atoms with van der Waals surface area (Å²) in [5.41, 5.74) is 0.00280. The number of aromatic nitrogens is 2. The number of nitrogens with one attached hydrogen (secondary N) is 1. The second-order valence-corrected chi connectivity index (χ2v) is 5.02. The van der Waals surface area contributed by atoms with Crippen molar-refractivity contribution in [3.05, 3.63) is 12.4 Å². The molecular formula is C11H16F3N3O. The van der Waals surface area contributed by atoms with Crippen molar-refractivity contribution < 1.29 is 17.9 Å². The normalized spacial score (nSPS) is 14.2. The zero-order chi connectivity index (χ0) is 14.0. The van der Waals surface area contributed by atoms with Crippen molar-refractivity contribution in [3.8, 4) is 5.88 Å². The maximum absolute atomic E-state index is 11.9. The van der Waals surface area contributed by atoms with Gasteiger partial charge in [0.1, 0.15) is 5.82 Å². The molecule has 1 unspecified atom stereocenters. The summed E-state index contributed by atoms with van der Waals surface area (Å²) in [6.45, 7) is 8.08. The Morgan fingerprint density at radius 1 is 1.17 bits per heavy atom. The van der Waals surface area contributed by atoms with Gasteiger partial charge in [0.2, 0.25) is 5.88 Å². The van der Waals surface area contributed by atoms with E-state index in [0.717, 1.165) is 6.20 Å². The lowest BCUT2D eigenvalue weighted by molar-refractivity contribution is -0.276. The summed E-state index contributed by atoms with van der Waals surface area (Å²) >= 11 is 0. The fourth-order valence-electron chi connectivity index (χ4n) is 1.00. The Kier molecular flexibility index (Phi) is 4.03. The van der Waals surface area contributed by atoms with Crippen LogP contribution in [-0.4, -0.2) is 22.4 Å². The Balaban J connectivity index is 2.66. The first-order valence-electron chi connectivity index (χ1n) is 5.42. The predicted octanol–water partition coefficient (Wildman–Crippen LogP) is 3.22. The molecule has 0 aliphatic rings. The molecule has 4 nitrogen and oxygen atoms in total. The van der Waals surface area contributed by atoms with E-state index in [1.807, 2.05) is 27.7 Å². The second kappa shape index (κ2) is 4.99. The van der Waals surface area contributed by atoms with Gasteiger partial charge >= 0.3 is 6.36 Å². The van der Waals surface area contributed by atoms with Gasteiger partial charge in [0, 0.05) is 6.04 Å². The van der Waals surface area contributed by atoms with Gasteiger partial charge in [-0.1, -0.05) is 20.8 Å². The summed E-state index contributed by atoms with van der Waals surface area (Å²) in [6.07, 6.45) is -2.60. The van der Waals surface area contributed by atoms with E-state index in [4.69, 9.17) is 0 Å². The SMILES string of the molecule is CC(Nc1cnc(OC(F)(F)F)cn1)C(C)(C)C. The highest BCUT2D eigenvalue weighted by atomic mass is 19.4. The quantitative estimate of drug-likeness (QED) is 0.909. The lowest BCUT2D eigenvalue weighted by Gasteiger charge is -2.28. The van der Waals surface area contributed by atoms with Crippen LogP contribution in [0.4, 0.5) is 19.0 Å². The molecule has 0 saturated heterocycles. The Morgan fingerprint density at radius 2 is 1.78 bits per heavy atom. The first-order valence-corrected chi connectivity index (χ1v) is 5.42. The van der Waals surface area contributed by atoms with Crippen molar-refractivity contribution in [3.63, 3.8) is 0 Å². The number of hydrogen-bond acceptors (Lipinski definition) is 4. The standard InChI is InChI=1S/C11H16F3N3O/c1-7(10(2,3)4)17-8-5-16-9(6-15-8)18-11(12,13)14/h5-7H,1-4H3,(H,15,17). The average Bonchev–Trinajstić information content (AvgIpc) is 2.17. The zero-order valence-electron chi connectivity index (χ0n) is 10.7. The molecule has 1 atom stereocenters. The van der Waals surface area contributed by atoms with Crippen molar-refractivity contribution in [2.75, 3.05) is 5.32 Å². The molecule has 102 valence electrons. The third kappa shape index (κ3) is 4.77. The maximum atomic E-state index is 11.9. The first kappa shape index (κ1) is 14.5. The smallest absolute Gasteiger partial charge is 0.386 e. The summed E-state index contributed by atoms with van der Waals surface area (Å²) in [4.78, 5) is 7.35. The molecule has 1 heterocycles. The molecule has 0 saturated carbocycles. The number of ether oxygens (including phenoxy) is 1. The van der Waals surface area contributed by atoms with E-state index in [1.54, 1.807) is 0 Å². The minimum Gasteiger partial charge on any atom is -0.386 e. The van der Waals surface area contributed by atoms with E-state index in [-0.39, 0.29) is 11.5 Å². The Morgan fingerprint density at radius 3 is 2.17 bits per heavy atom. The van der Waals surface area contributed by atoms with Gasteiger partial charge in [-0.05, 0) is 12.3 Å². The highest BCUT2D eigenvalue weighted by Gasteiger charge is 2.32. The third-order valence-electron chi connectivity index (χ3n) is 2.51. The molecule has 0 aliphatic heterocycles. The Labute approximate surface area is 104 Å². The molecule has 7 heteroatoms. The second-order valence-electron chi connectivity index (χ2n) is 5.02. The molecule has 0 amide bonds. The molecule has 18 heavy (non-hydrogen) atoms. The van der Waals surface area contributed by atoms with Crippen LogP contribution in [0.15, 0.2) is 12.4 Å². The number of alkyl halides is 3. The van der Waals surface area contributed by atoms with E-state index >= 15 is 0 Å². The van der Waals surface area contributed by atoms with Crippen molar-refractivity contribution >= 4 is 5.82 Å². The summed E-state index contributed by atoms with van der Waals surface area (Å²) in [6, 6.07) is 0.0983. The molecular weight excluding hydrogens is 247 g/mol. The van der Waals surface area contributed by atoms with E-state index in [0.29, 0.717) is 5.82 Å². The highest BCUT2D eigenvalue weighted by molar-refractivity contribution is 5.33. The van der Waals surface area contributed by atoms with Crippen molar-refractivity contribution in [1.29, 1.82) is 0 Å². The van der Waals surface area contributed by atoms with Gasteiger partial charge in [0.15, 0.2) is 0 Å². The van der Waals surface area contributed by atoms with Gasteiger partial charge in [0.05, 0.1) is 12.4 Å². The van der Waals surface area contributed by atoms with E-state index < -0.39 is 12.2 Å². The van der Waals surface area contributed by atoms with Gasteiger partial charge in [-0.2, -0.15) is 0 Å². The average molecular weight is 263 g/mol. The van der Waals surface area contributed by atoms with Crippen molar-refractivity contribution in [2.24, 2.45) is 5.41 Å². The molecule has 1 rings (SSSR count). The summed E-state index contributed by atoms with van der Waals surface area (Å²) < 4.78 is 39.3. The van der Waals surface area contributed by atoms with Crippen LogP contribution in [-0.2, 0) is 0 Å². The van der Waals surface area contributed by atoms with Crippen LogP contribution in [0.25, 0.3) is 0 Å². The molecule has 0 aromatic carbocycles. The number of anilines is 1. The Bertz CT molecular complexity index is 384. The Hall–Kier alpha value is -1.53. The molecule has 1 aromatic heterocycles. The molecule has 0 aliphatic carbocycles. The van der Waals surface area contributed by atoms with Crippen molar-refractivity contribution in [1.82, 2.24) is 9.97 Å². The molecule has 0 bridgehead atoms. The van der Waals surface area contributed by atoms with Crippen LogP contribution in [0.3, 0.4) is 0 Å². The van der Waals surface area contributed by atoms with Crippen LogP contribution >= 0.6 is 0 Å². The van der Waals surface area contributed by atoms with Crippen molar-refractivity contribution in [2.45, 2.75) is 40.1 Å². The first-order chi connectivity index (χ1) is 8.08. The van der Waals surface area contributed by atoms with Crippen LogP contribution < -0.4 is 10.1 Å². The topological polar surface area (TPSA) is 47.0 Å². The largest absolute Gasteiger partial charge is 0.574 e. The molecule has 0 spiro atoms. The third-order valence-corrected chi connectivity index (χ3v) is 2.51. The minimum atomic E-state index is -4.75. The summed E-state index contributed by atoms with van der Waals surface area (Å²) in [5, 5.41) is 3.06. The van der Waals surface area contributed by atoms with E-state index in [9.17, 15) is 13.2 Å². The van der Waals surface area contributed by atoms with Gasteiger partial charge < -0.3 is 10.1 Å². The lowest BCUT2D eigenvalue weighted by Crippen LogP contribution is -2.31. The van der Waals surface area contributed by atoms with Gasteiger partial charge in [0.25, 0.3) is 0 Å². The van der Waals surface area contributed by atoms with E-state index in [2.05, 4.69) is 20.0 Å². The number of rotatable bonds is 3. The molecule has 0 radical (unpaired) electrons. The monoisotopic (exact) mass is 263 g/mol. The zero-order valence-corrected chi connectivity index (χ0v) is 10.7. The maximum Gasteiger partial charge on any atom is 0.574 e. The van der Waals surface area contributed by atoms with Crippen LogP contribution in [0.1, 0.15) is 27.7 Å². The van der Waals surface area contributed by atoms with Gasteiger partial charge in [-0.25, -0.2) is 9.97 Å². The summed E-state index contributed by atoms with van der Waals surface area (Å²) in [5.74, 6) is -0.164. The minimum absolute atomic E-state index is 0.00280. The van der Waals surface area contributed by atoms with Gasteiger partial charge in [-0.15, -0.1) is 13.2 Å². The van der Waals surface area contributed by atoms with Crippen LogP contribution in [0.2, 0.25) is 0 Å². The number of nitrogens with zero attached hydrogens (tertiary/aromatic N) is 2. The lowest BCUT2D eigenvalue weighted by atomic mass is 9.88. The predicted molar refractivity (Wildman–Crippen MR) is 61.3 cm³/mol. The van der Waals surface area contributed by atoms with Gasteiger partial charge in [-0.3, -0.25) is 0 Å². The number of halogens is 3. The molecule has 1 N–H and O–H groups in total. The van der Waals surface area contributed by atoms with E-state index in [1.165, 1.54) is 6.20 Å². The molecule has 0 fully saturated rings. The highest BCUT2D eigenvalue weighted by Crippen LogP contribution is 2.23. The molecule has 1 aromatic rings. The number of hydrogen-bond donors (Lipinski definition) is 1. The summed E-state index contributed by atoms with van der Waals surface area (Å²) in [7, 11) is 0. The van der Waals surface area contributed by atoms with Crippen LogP contribution in [0, 0.1) is 5.41 Å². The van der Waals surface area contributed by atoms with Crippen LogP contribution in [0.5, 0.6) is 5.88 Å².